The molecule has 1 fully saturated rings. The van der Waals surface area contributed by atoms with Crippen LogP contribution in [0.2, 0.25) is 0 Å². The largest absolute Gasteiger partial charge is 0.323 e. The summed E-state index contributed by atoms with van der Waals surface area (Å²) >= 11 is 1.80. The fourth-order valence-corrected chi connectivity index (χ4v) is 2.85. The summed E-state index contributed by atoms with van der Waals surface area (Å²) in [6.45, 7) is 1.53. The number of halogens is 1. The highest BCUT2D eigenvalue weighted by Crippen LogP contribution is 2.20. The molecule has 1 aromatic heterocycles. The Balaban J connectivity index is 1.96. The summed E-state index contributed by atoms with van der Waals surface area (Å²) in [5.74, 6) is -0.0217. The average Bonchev–Trinajstić information content (AvgIpc) is 2.67. The van der Waals surface area contributed by atoms with Crippen molar-refractivity contribution in [3.05, 3.63) is 24.1 Å². The van der Waals surface area contributed by atoms with E-state index in [0.717, 1.165) is 38.5 Å². The molecule has 0 aliphatic carbocycles. The van der Waals surface area contributed by atoms with E-state index in [2.05, 4.69) is 16.6 Å². The minimum atomic E-state index is -0.407. The van der Waals surface area contributed by atoms with Gasteiger partial charge in [-0.25, -0.2) is 14.2 Å². The lowest BCUT2D eigenvalue weighted by Gasteiger charge is -2.23. The monoisotopic (exact) mass is 283 g/mol. The van der Waals surface area contributed by atoms with Gasteiger partial charge in [0.1, 0.15) is 11.6 Å². The number of hydrogen-bond donors (Lipinski definition) is 1. The van der Waals surface area contributed by atoms with Crippen molar-refractivity contribution in [2.24, 2.45) is 0 Å². The molecule has 1 aromatic rings. The van der Waals surface area contributed by atoms with E-state index in [-0.39, 0.29) is 6.03 Å². The molecule has 0 unspecified atom stereocenters. The van der Waals surface area contributed by atoms with Crippen molar-refractivity contribution < 1.29 is 9.18 Å². The summed E-state index contributed by atoms with van der Waals surface area (Å²) in [7, 11) is 0. The van der Waals surface area contributed by atoms with E-state index < -0.39 is 5.82 Å². The molecule has 2 heterocycles. The first-order valence-corrected chi connectivity index (χ1v) is 7.68. The number of aromatic nitrogens is 1. The number of carbonyl (C=O) groups excluding carboxylic acids is 1. The van der Waals surface area contributed by atoms with E-state index in [9.17, 15) is 9.18 Å². The summed E-state index contributed by atoms with van der Waals surface area (Å²) in [4.78, 5) is 17.8. The van der Waals surface area contributed by atoms with Gasteiger partial charge in [-0.1, -0.05) is 6.42 Å². The second kappa shape index (κ2) is 6.75. The molecule has 6 heteroatoms. The molecule has 19 heavy (non-hydrogen) atoms. The van der Waals surface area contributed by atoms with Gasteiger partial charge in [-0.2, -0.15) is 11.8 Å². The topological polar surface area (TPSA) is 45.2 Å². The van der Waals surface area contributed by atoms with Crippen LogP contribution in [-0.4, -0.2) is 40.5 Å². The minimum Gasteiger partial charge on any atom is -0.323 e. The quantitative estimate of drug-likeness (QED) is 0.907. The minimum absolute atomic E-state index is 0.153. The lowest BCUT2D eigenvalue weighted by Crippen LogP contribution is -2.38. The third-order valence-corrected chi connectivity index (χ3v) is 4.26. The summed E-state index contributed by atoms with van der Waals surface area (Å²) in [5.41, 5.74) is 0. The van der Waals surface area contributed by atoms with Crippen molar-refractivity contribution >= 4 is 23.6 Å². The van der Waals surface area contributed by atoms with Crippen molar-refractivity contribution in [3.63, 3.8) is 0 Å². The lowest BCUT2D eigenvalue weighted by atomic mass is 10.2. The van der Waals surface area contributed by atoms with E-state index >= 15 is 0 Å². The van der Waals surface area contributed by atoms with Gasteiger partial charge in [-0.15, -0.1) is 0 Å². The maximum absolute atomic E-state index is 12.7. The van der Waals surface area contributed by atoms with E-state index in [1.807, 2.05) is 4.90 Å². The highest BCUT2D eigenvalue weighted by molar-refractivity contribution is 7.99. The molecule has 1 aliphatic rings. The van der Waals surface area contributed by atoms with E-state index in [4.69, 9.17) is 0 Å². The third-order valence-electron chi connectivity index (χ3n) is 3.21. The van der Waals surface area contributed by atoms with Crippen LogP contribution in [0.5, 0.6) is 0 Å². The summed E-state index contributed by atoms with van der Waals surface area (Å²) < 4.78 is 12.7. The molecule has 1 atom stereocenters. The Morgan fingerprint density at radius 2 is 2.37 bits per heavy atom. The van der Waals surface area contributed by atoms with Crippen LogP contribution in [-0.2, 0) is 0 Å². The molecule has 0 spiro atoms. The van der Waals surface area contributed by atoms with Gasteiger partial charge >= 0.3 is 6.03 Å². The number of likely N-dealkylation sites (tertiary alicyclic amines) is 1. The van der Waals surface area contributed by atoms with Crippen LogP contribution in [0, 0.1) is 5.82 Å². The number of carbonyl (C=O) groups is 1. The van der Waals surface area contributed by atoms with Crippen LogP contribution in [0.4, 0.5) is 15.0 Å². The van der Waals surface area contributed by atoms with Crippen LogP contribution in [0.25, 0.3) is 0 Å². The molecular formula is C13H18FN3OS. The van der Waals surface area contributed by atoms with Crippen molar-refractivity contribution in [1.29, 1.82) is 0 Å². The maximum Gasteiger partial charge on any atom is 0.323 e. The Hall–Kier alpha value is -1.30. The van der Waals surface area contributed by atoms with Gasteiger partial charge in [0.2, 0.25) is 0 Å². The van der Waals surface area contributed by atoms with Crippen molar-refractivity contribution in [2.45, 2.75) is 24.5 Å². The fraction of sp³-hybridized carbons (Fsp3) is 0.538. The fourth-order valence-electron chi connectivity index (χ4n) is 2.12. The molecule has 0 bridgehead atoms. The second-order valence-corrected chi connectivity index (χ2v) is 5.73. The lowest BCUT2D eigenvalue weighted by molar-refractivity contribution is 0.214. The van der Waals surface area contributed by atoms with Crippen LogP contribution in [0.15, 0.2) is 18.3 Å². The number of hydrogen-bond acceptors (Lipinski definition) is 3. The molecule has 1 aliphatic heterocycles. The van der Waals surface area contributed by atoms with Crippen LogP contribution >= 0.6 is 11.8 Å². The first kappa shape index (κ1) is 14.1. The number of rotatable bonds is 2. The first-order valence-electron chi connectivity index (χ1n) is 6.39. The Morgan fingerprint density at radius 3 is 3.05 bits per heavy atom. The molecule has 1 N–H and O–H groups in total. The molecule has 0 aromatic carbocycles. The van der Waals surface area contributed by atoms with Crippen molar-refractivity contribution in [2.75, 3.05) is 24.7 Å². The number of nitrogens with one attached hydrogen (secondary N) is 1. The van der Waals surface area contributed by atoms with Gasteiger partial charge in [-0.05, 0) is 31.2 Å². The second-order valence-electron chi connectivity index (χ2n) is 4.59. The summed E-state index contributed by atoms with van der Waals surface area (Å²) in [6.07, 6.45) is 6.52. The Labute approximate surface area is 116 Å². The number of thioether (sulfide) groups is 1. The van der Waals surface area contributed by atoms with E-state index in [0.29, 0.717) is 11.1 Å². The number of pyridine rings is 1. The zero-order valence-corrected chi connectivity index (χ0v) is 11.8. The van der Waals surface area contributed by atoms with E-state index in [1.54, 1.807) is 11.8 Å². The number of urea groups is 1. The summed E-state index contributed by atoms with van der Waals surface area (Å²) in [6, 6.07) is 2.60. The van der Waals surface area contributed by atoms with Gasteiger partial charge in [-0.3, -0.25) is 5.32 Å². The molecule has 2 rings (SSSR count). The van der Waals surface area contributed by atoms with Crippen LogP contribution in [0.1, 0.15) is 19.3 Å². The Bertz CT molecular complexity index is 426. The standard InChI is InChI=1S/C13H18FN3OS/c1-19-11-4-2-3-7-17(9-11)13(18)16-12-6-5-10(14)8-15-12/h5-6,8,11H,2-4,7,9H2,1H3,(H,15,16,18)/t11-/m1/s1. The molecule has 104 valence electrons. The number of nitrogens with zero attached hydrogens (tertiary/aromatic N) is 2. The Kier molecular flexibility index (Phi) is 5.01. The smallest absolute Gasteiger partial charge is 0.323 e. The zero-order valence-electron chi connectivity index (χ0n) is 10.9. The summed E-state index contributed by atoms with van der Waals surface area (Å²) in [5, 5.41) is 3.21. The van der Waals surface area contributed by atoms with Gasteiger partial charge in [0.05, 0.1) is 6.20 Å². The molecular weight excluding hydrogens is 265 g/mol. The predicted molar refractivity (Wildman–Crippen MR) is 75.9 cm³/mol. The number of amides is 2. The molecule has 0 saturated carbocycles. The SMILES string of the molecule is CS[C@@H]1CCCCN(C(=O)Nc2ccc(F)cn2)C1. The normalized spacial score (nSPS) is 19.9. The highest BCUT2D eigenvalue weighted by Gasteiger charge is 2.21. The van der Waals surface area contributed by atoms with Crippen molar-refractivity contribution in [1.82, 2.24) is 9.88 Å². The van der Waals surface area contributed by atoms with Crippen LogP contribution in [0.3, 0.4) is 0 Å². The maximum atomic E-state index is 12.7. The molecule has 4 nitrogen and oxygen atoms in total. The Morgan fingerprint density at radius 1 is 1.53 bits per heavy atom. The number of anilines is 1. The first-order chi connectivity index (χ1) is 9.19. The van der Waals surface area contributed by atoms with E-state index in [1.165, 1.54) is 12.1 Å². The van der Waals surface area contributed by atoms with Gasteiger partial charge in [0, 0.05) is 18.3 Å². The third kappa shape index (κ3) is 4.09. The average molecular weight is 283 g/mol. The molecule has 0 radical (unpaired) electrons. The molecule has 2 amide bonds. The van der Waals surface area contributed by atoms with Gasteiger partial charge in [0.25, 0.3) is 0 Å². The molecule has 1 saturated heterocycles. The van der Waals surface area contributed by atoms with Crippen LogP contribution < -0.4 is 5.32 Å². The highest BCUT2D eigenvalue weighted by atomic mass is 32.2. The zero-order chi connectivity index (χ0) is 13.7. The van der Waals surface area contributed by atoms with Crippen molar-refractivity contribution in [3.8, 4) is 0 Å². The van der Waals surface area contributed by atoms with Gasteiger partial charge in [0.15, 0.2) is 0 Å². The van der Waals surface area contributed by atoms with Gasteiger partial charge < -0.3 is 4.90 Å². The predicted octanol–water partition coefficient (Wildman–Crippen LogP) is 2.97.